The lowest BCUT2D eigenvalue weighted by molar-refractivity contribution is 0.317. The number of nitrogens with one attached hydrogen (secondary N) is 1. The molecule has 0 bridgehead atoms. The van der Waals surface area contributed by atoms with E-state index in [1.54, 1.807) is 0 Å². The van der Waals surface area contributed by atoms with Gasteiger partial charge in [-0.3, -0.25) is 0 Å². The second-order valence-electron chi connectivity index (χ2n) is 3.81. The van der Waals surface area contributed by atoms with Gasteiger partial charge in [-0.05, 0) is 32.2 Å². The third-order valence-corrected chi connectivity index (χ3v) is 2.79. The summed E-state index contributed by atoms with van der Waals surface area (Å²) in [4.78, 5) is 0. The van der Waals surface area contributed by atoms with Crippen molar-refractivity contribution in [3.05, 3.63) is 0 Å². The molecule has 0 aromatic heterocycles. The molecule has 0 amide bonds. The Kier molecular flexibility index (Phi) is 3.38. The number of hydrogen-bond acceptors (Lipinski definition) is 1. The van der Waals surface area contributed by atoms with Crippen LogP contribution >= 0.6 is 0 Å². The van der Waals surface area contributed by atoms with E-state index in [0.717, 1.165) is 0 Å². The zero-order chi connectivity index (χ0) is 8.16. The SMILES string of the molecule is CCCC1(CCC)CCCN1. The molecule has 1 fully saturated rings. The molecule has 0 spiro atoms. The van der Waals surface area contributed by atoms with Crippen LogP contribution in [0.2, 0.25) is 0 Å². The molecule has 11 heavy (non-hydrogen) atoms. The van der Waals surface area contributed by atoms with E-state index in [4.69, 9.17) is 0 Å². The van der Waals surface area contributed by atoms with Crippen LogP contribution in [0.25, 0.3) is 0 Å². The molecule has 0 aromatic carbocycles. The van der Waals surface area contributed by atoms with Crippen LogP contribution in [0.4, 0.5) is 0 Å². The summed E-state index contributed by atoms with van der Waals surface area (Å²) >= 11 is 0. The summed E-state index contributed by atoms with van der Waals surface area (Å²) < 4.78 is 0. The zero-order valence-electron chi connectivity index (χ0n) is 7.95. The number of rotatable bonds is 4. The van der Waals surface area contributed by atoms with Gasteiger partial charge < -0.3 is 5.32 Å². The fraction of sp³-hybridized carbons (Fsp3) is 1.00. The molecule has 1 nitrogen and oxygen atoms in total. The summed E-state index contributed by atoms with van der Waals surface area (Å²) in [5.41, 5.74) is 0.545. The Morgan fingerprint density at radius 3 is 2.18 bits per heavy atom. The van der Waals surface area contributed by atoms with E-state index >= 15 is 0 Å². The lowest BCUT2D eigenvalue weighted by Gasteiger charge is -2.28. The molecular formula is C10H21N. The third kappa shape index (κ3) is 2.19. The summed E-state index contributed by atoms with van der Waals surface area (Å²) in [6, 6.07) is 0. The van der Waals surface area contributed by atoms with Gasteiger partial charge in [0.2, 0.25) is 0 Å². The Balaban J connectivity index is 2.40. The standard InChI is InChI=1S/C10H21N/c1-3-6-10(7-4-2)8-5-9-11-10/h11H,3-9H2,1-2H3. The Bertz CT molecular complexity index is 95.4. The zero-order valence-corrected chi connectivity index (χ0v) is 7.95. The molecule has 1 saturated heterocycles. The molecule has 0 unspecified atom stereocenters. The van der Waals surface area contributed by atoms with Crippen LogP contribution in [-0.2, 0) is 0 Å². The van der Waals surface area contributed by atoms with Crippen molar-refractivity contribution in [2.75, 3.05) is 6.54 Å². The van der Waals surface area contributed by atoms with Crippen LogP contribution in [-0.4, -0.2) is 12.1 Å². The highest BCUT2D eigenvalue weighted by molar-refractivity contribution is 4.91. The van der Waals surface area contributed by atoms with Crippen molar-refractivity contribution in [1.29, 1.82) is 0 Å². The third-order valence-electron chi connectivity index (χ3n) is 2.79. The molecule has 1 heteroatoms. The van der Waals surface area contributed by atoms with Crippen LogP contribution in [0.3, 0.4) is 0 Å². The van der Waals surface area contributed by atoms with Crippen molar-refractivity contribution >= 4 is 0 Å². The predicted octanol–water partition coefficient (Wildman–Crippen LogP) is 2.71. The quantitative estimate of drug-likeness (QED) is 0.658. The molecule has 66 valence electrons. The fourth-order valence-corrected chi connectivity index (χ4v) is 2.38. The van der Waals surface area contributed by atoms with Gasteiger partial charge in [-0.2, -0.15) is 0 Å². The van der Waals surface area contributed by atoms with Crippen LogP contribution in [0.1, 0.15) is 52.4 Å². The first-order valence-electron chi connectivity index (χ1n) is 5.08. The first-order valence-corrected chi connectivity index (χ1v) is 5.08. The van der Waals surface area contributed by atoms with Crippen molar-refractivity contribution in [3.8, 4) is 0 Å². The highest BCUT2D eigenvalue weighted by Gasteiger charge is 2.30. The van der Waals surface area contributed by atoms with E-state index in [9.17, 15) is 0 Å². The maximum atomic E-state index is 3.67. The highest BCUT2D eigenvalue weighted by atomic mass is 15.0. The monoisotopic (exact) mass is 155 g/mol. The molecule has 1 N–H and O–H groups in total. The molecule has 1 rings (SSSR count). The summed E-state index contributed by atoms with van der Waals surface area (Å²) in [6.45, 7) is 5.83. The largest absolute Gasteiger partial charge is 0.311 e. The van der Waals surface area contributed by atoms with Crippen LogP contribution < -0.4 is 5.32 Å². The average Bonchev–Trinajstić information content (AvgIpc) is 2.39. The maximum absolute atomic E-state index is 3.67. The Hall–Kier alpha value is -0.0400. The summed E-state index contributed by atoms with van der Waals surface area (Å²) in [7, 11) is 0. The fourth-order valence-electron chi connectivity index (χ4n) is 2.38. The Labute approximate surface area is 70.6 Å². The van der Waals surface area contributed by atoms with E-state index in [0.29, 0.717) is 5.54 Å². The molecule has 1 aliphatic rings. The second-order valence-corrected chi connectivity index (χ2v) is 3.81. The molecule has 0 saturated carbocycles. The highest BCUT2D eigenvalue weighted by Crippen LogP contribution is 2.28. The lowest BCUT2D eigenvalue weighted by Crippen LogP contribution is -2.39. The minimum Gasteiger partial charge on any atom is -0.311 e. The molecule has 0 aromatic rings. The van der Waals surface area contributed by atoms with Crippen molar-refractivity contribution in [1.82, 2.24) is 5.32 Å². The van der Waals surface area contributed by atoms with Crippen molar-refractivity contribution in [2.45, 2.75) is 57.9 Å². The van der Waals surface area contributed by atoms with Crippen molar-refractivity contribution in [2.24, 2.45) is 0 Å². The maximum Gasteiger partial charge on any atom is 0.0181 e. The van der Waals surface area contributed by atoms with Crippen molar-refractivity contribution < 1.29 is 0 Å². The van der Waals surface area contributed by atoms with Gasteiger partial charge in [0.15, 0.2) is 0 Å². The van der Waals surface area contributed by atoms with E-state index in [1.807, 2.05) is 0 Å². The van der Waals surface area contributed by atoms with Gasteiger partial charge in [0.05, 0.1) is 0 Å². The smallest absolute Gasteiger partial charge is 0.0181 e. The topological polar surface area (TPSA) is 12.0 Å². The van der Waals surface area contributed by atoms with Crippen molar-refractivity contribution in [3.63, 3.8) is 0 Å². The minimum absolute atomic E-state index is 0.545. The molecule has 0 atom stereocenters. The van der Waals surface area contributed by atoms with E-state index < -0.39 is 0 Å². The Morgan fingerprint density at radius 1 is 1.18 bits per heavy atom. The van der Waals surface area contributed by atoms with Crippen LogP contribution in [0.15, 0.2) is 0 Å². The Morgan fingerprint density at radius 2 is 1.82 bits per heavy atom. The molecular weight excluding hydrogens is 134 g/mol. The van der Waals surface area contributed by atoms with Gasteiger partial charge in [-0.1, -0.05) is 26.7 Å². The van der Waals surface area contributed by atoms with Gasteiger partial charge in [-0.15, -0.1) is 0 Å². The minimum atomic E-state index is 0.545. The van der Waals surface area contributed by atoms with E-state index in [-0.39, 0.29) is 0 Å². The van der Waals surface area contributed by atoms with Crippen LogP contribution in [0, 0.1) is 0 Å². The van der Waals surface area contributed by atoms with Gasteiger partial charge in [0.1, 0.15) is 0 Å². The summed E-state index contributed by atoms with van der Waals surface area (Å²) in [5.74, 6) is 0. The van der Waals surface area contributed by atoms with E-state index in [1.165, 1.54) is 45.1 Å². The lowest BCUT2D eigenvalue weighted by atomic mass is 9.87. The average molecular weight is 155 g/mol. The molecule has 0 radical (unpaired) electrons. The van der Waals surface area contributed by atoms with Crippen LogP contribution in [0.5, 0.6) is 0 Å². The van der Waals surface area contributed by atoms with E-state index in [2.05, 4.69) is 19.2 Å². The first kappa shape index (κ1) is 9.05. The normalized spacial score (nSPS) is 22.4. The van der Waals surface area contributed by atoms with Gasteiger partial charge in [0, 0.05) is 5.54 Å². The predicted molar refractivity (Wildman–Crippen MR) is 49.8 cm³/mol. The van der Waals surface area contributed by atoms with Gasteiger partial charge >= 0.3 is 0 Å². The van der Waals surface area contributed by atoms with Gasteiger partial charge in [-0.25, -0.2) is 0 Å². The summed E-state index contributed by atoms with van der Waals surface area (Å²) in [6.07, 6.45) is 8.20. The molecule has 1 heterocycles. The first-order chi connectivity index (χ1) is 5.33. The molecule has 0 aliphatic carbocycles. The second kappa shape index (κ2) is 4.10. The summed E-state index contributed by atoms with van der Waals surface area (Å²) in [5, 5.41) is 3.67. The van der Waals surface area contributed by atoms with Gasteiger partial charge in [0.25, 0.3) is 0 Å². The molecule has 1 aliphatic heterocycles. The number of hydrogen-bond donors (Lipinski definition) is 1.